The first kappa shape index (κ1) is 13.0. The highest BCUT2D eigenvalue weighted by Gasteiger charge is 2.22. The molecule has 1 aromatic rings. The van der Waals surface area contributed by atoms with Crippen LogP contribution in [0.1, 0.15) is 55.4 Å². The SMILES string of the molecule is CN(C(=O)c1cnccn1)C1CCCCCCC1. The van der Waals surface area contributed by atoms with E-state index < -0.39 is 0 Å². The lowest BCUT2D eigenvalue weighted by Gasteiger charge is -2.29. The number of nitrogens with zero attached hydrogens (tertiary/aromatic N) is 3. The van der Waals surface area contributed by atoms with E-state index in [2.05, 4.69) is 9.97 Å². The molecular weight excluding hydrogens is 226 g/mol. The minimum atomic E-state index is -0.00586. The molecule has 1 aliphatic rings. The largest absolute Gasteiger partial charge is 0.337 e. The third-order valence-corrected chi connectivity index (χ3v) is 3.73. The van der Waals surface area contributed by atoms with Crippen molar-refractivity contribution in [2.24, 2.45) is 0 Å². The van der Waals surface area contributed by atoms with Gasteiger partial charge in [0.25, 0.3) is 5.91 Å². The highest BCUT2D eigenvalue weighted by atomic mass is 16.2. The van der Waals surface area contributed by atoms with Gasteiger partial charge in [0.2, 0.25) is 0 Å². The van der Waals surface area contributed by atoms with Crippen LogP contribution in [0.3, 0.4) is 0 Å². The Balaban J connectivity index is 2.00. The van der Waals surface area contributed by atoms with Crippen molar-refractivity contribution in [1.29, 1.82) is 0 Å². The van der Waals surface area contributed by atoms with E-state index in [9.17, 15) is 4.79 Å². The van der Waals surface area contributed by atoms with Crippen LogP contribution in [-0.4, -0.2) is 33.9 Å². The van der Waals surface area contributed by atoms with Crippen LogP contribution in [0.15, 0.2) is 18.6 Å². The molecule has 1 heterocycles. The topological polar surface area (TPSA) is 46.1 Å². The van der Waals surface area contributed by atoms with Gasteiger partial charge in [-0.2, -0.15) is 0 Å². The summed E-state index contributed by atoms with van der Waals surface area (Å²) in [5.41, 5.74) is 0.446. The maximum absolute atomic E-state index is 12.3. The zero-order valence-corrected chi connectivity index (χ0v) is 11.0. The van der Waals surface area contributed by atoms with Crippen LogP contribution in [0, 0.1) is 0 Å². The molecule has 4 nitrogen and oxygen atoms in total. The van der Waals surface area contributed by atoms with E-state index >= 15 is 0 Å². The predicted octanol–water partition coefficient (Wildman–Crippen LogP) is 2.66. The Morgan fingerprint density at radius 2 is 1.83 bits per heavy atom. The van der Waals surface area contributed by atoms with Crippen molar-refractivity contribution in [2.45, 2.75) is 51.0 Å². The molecular formula is C14H21N3O. The van der Waals surface area contributed by atoms with Crippen LogP contribution >= 0.6 is 0 Å². The molecule has 0 unspecified atom stereocenters. The van der Waals surface area contributed by atoms with E-state index in [1.54, 1.807) is 18.6 Å². The van der Waals surface area contributed by atoms with Gasteiger partial charge in [-0.1, -0.05) is 32.1 Å². The number of aromatic nitrogens is 2. The molecule has 4 heteroatoms. The quantitative estimate of drug-likeness (QED) is 0.807. The lowest BCUT2D eigenvalue weighted by Crippen LogP contribution is -2.37. The molecule has 1 fully saturated rings. The molecule has 0 spiro atoms. The minimum Gasteiger partial charge on any atom is -0.337 e. The lowest BCUT2D eigenvalue weighted by atomic mass is 9.96. The summed E-state index contributed by atoms with van der Waals surface area (Å²) in [5, 5.41) is 0. The van der Waals surface area contributed by atoms with Crippen molar-refractivity contribution < 1.29 is 4.79 Å². The average molecular weight is 247 g/mol. The van der Waals surface area contributed by atoms with Gasteiger partial charge in [0.15, 0.2) is 0 Å². The van der Waals surface area contributed by atoms with Crippen molar-refractivity contribution in [1.82, 2.24) is 14.9 Å². The summed E-state index contributed by atoms with van der Waals surface area (Å²) in [6.07, 6.45) is 13.3. The van der Waals surface area contributed by atoms with Gasteiger partial charge in [-0.15, -0.1) is 0 Å². The number of carbonyl (C=O) groups excluding carboxylic acids is 1. The van der Waals surface area contributed by atoms with Gasteiger partial charge in [-0.25, -0.2) is 4.98 Å². The third-order valence-electron chi connectivity index (χ3n) is 3.73. The summed E-state index contributed by atoms with van der Waals surface area (Å²) < 4.78 is 0. The Morgan fingerprint density at radius 3 is 2.44 bits per heavy atom. The van der Waals surface area contributed by atoms with E-state index in [0.29, 0.717) is 11.7 Å². The van der Waals surface area contributed by atoms with Gasteiger partial charge in [-0.05, 0) is 12.8 Å². The summed E-state index contributed by atoms with van der Waals surface area (Å²) in [7, 11) is 1.89. The maximum Gasteiger partial charge on any atom is 0.274 e. The molecule has 0 N–H and O–H groups in total. The summed E-state index contributed by atoms with van der Waals surface area (Å²) in [5.74, 6) is -0.00586. The van der Waals surface area contributed by atoms with Crippen molar-refractivity contribution in [3.8, 4) is 0 Å². The molecule has 1 saturated carbocycles. The molecule has 0 bridgehead atoms. The molecule has 0 aliphatic heterocycles. The fourth-order valence-corrected chi connectivity index (χ4v) is 2.58. The maximum atomic E-state index is 12.3. The van der Waals surface area contributed by atoms with Gasteiger partial charge in [0.05, 0.1) is 6.20 Å². The smallest absolute Gasteiger partial charge is 0.274 e. The first-order valence-corrected chi connectivity index (χ1v) is 6.82. The summed E-state index contributed by atoms with van der Waals surface area (Å²) >= 11 is 0. The fraction of sp³-hybridized carbons (Fsp3) is 0.643. The Morgan fingerprint density at radius 1 is 1.17 bits per heavy atom. The van der Waals surface area contributed by atoms with E-state index in [1.807, 2.05) is 11.9 Å². The molecule has 0 atom stereocenters. The van der Waals surface area contributed by atoms with E-state index in [-0.39, 0.29) is 5.91 Å². The van der Waals surface area contributed by atoms with Crippen LogP contribution in [0.25, 0.3) is 0 Å². The summed E-state index contributed by atoms with van der Waals surface area (Å²) in [6.45, 7) is 0. The highest BCUT2D eigenvalue weighted by molar-refractivity contribution is 5.91. The van der Waals surface area contributed by atoms with Crippen molar-refractivity contribution in [3.63, 3.8) is 0 Å². The van der Waals surface area contributed by atoms with Gasteiger partial charge >= 0.3 is 0 Å². The van der Waals surface area contributed by atoms with E-state index in [0.717, 1.165) is 12.8 Å². The van der Waals surface area contributed by atoms with E-state index in [4.69, 9.17) is 0 Å². The molecule has 0 radical (unpaired) electrons. The average Bonchev–Trinajstić information content (AvgIpc) is 2.38. The molecule has 0 saturated heterocycles. The van der Waals surface area contributed by atoms with Gasteiger partial charge < -0.3 is 4.90 Å². The van der Waals surface area contributed by atoms with Crippen LogP contribution in [0.5, 0.6) is 0 Å². The van der Waals surface area contributed by atoms with Gasteiger partial charge in [-0.3, -0.25) is 9.78 Å². The molecule has 1 amide bonds. The molecule has 2 rings (SSSR count). The standard InChI is InChI=1S/C14H21N3O/c1-17(12-7-5-3-2-4-6-8-12)14(18)13-11-15-9-10-16-13/h9-12H,2-8H2,1H3. The Labute approximate surface area is 108 Å². The zero-order valence-electron chi connectivity index (χ0n) is 11.0. The molecule has 0 aromatic carbocycles. The highest BCUT2D eigenvalue weighted by Crippen LogP contribution is 2.21. The van der Waals surface area contributed by atoms with Crippen molar-refractivity contribution in [2.75, 3.05) is 7.05 Å². The van der Waals surface area contributed by atoms with Crippen LogP contribution < -0.4 is 0 Å². The normalized spacial score (nSPS) is 17.8. The molecule has 18 heavy (non-hydrogen) atoms. The number of hydrogen-bond acceptors (Lipinski definition) is 3. The second kappa shape index (κ2) is 6.47. The predicted molar refractivity (Wildman–Crippen MR) is 70.2 cm³/mol. The van der Waals surface area contributed by atoms with Crippen LogP contribution in [-0.2, 0) is 0 Å². The number of amides is 1. The Hall–Kier alpha value is -1.45. The number of carbonyl (C=O) groups is 1. The number of rotatable bonds is 2. The van der Waals surface area contributed by atoms with Crippen molar-refractivity contribution in [3.05, 3.63) is 24.3 Å². The lowest BCUT2D eigenvalue weighted by molar-refractivity contribution is 0.0700. The van der Waals surface area contributed by atoms with Crippen molar-refractivity contribution >= 4 is 5.91 Å². The third kappa shape index (κ3) is 3.28. The molecule has 1 aromatic heterocycles. The molecule has 98 valence electrons. The minimum absolute atomic E-state index is 0.00586. The Bertz CT molecular complexity index is 372. The van der Waals surface area contributed by atoms with Crippen LogP contribution in [0.4, 0.5) is 0 Å². The second-order valence-electron chi connectivity index (χ2n) is 5.01. The summed E-state index contributed by atoms with van der Waals surface area (Å²) in [6, 6.07) is 0.361. The van der Waals surface area contributed by atoms with Crippen LogP contribution in [0.2, 0.25) is 0 Å². The summed E-state index contributed by atoms with van der Waals surface area (Å²) in [4.78, 5) is 22.2. The Kier molecular flexibility index (Phi) is 4.67. The number of hydrogen-bond donors (Lipinski definition) is 0. The monoisotopic (exact) mass is 247 g/mol. The first-order valence-electron chi connectivity index (χ1n) is 6.82. The zero-order chi connectivity index (χ0) is 12.8. The fourth-order valence-electron chi connectivity index (χ4n) is 2.58. The second-order valence-corrected chi connectivity index (χ2v) is 5.01. The first-order chi connectivity index (χ1) is 8.79. The van der Waals surface area contributed by atoms with Gasteiger partial charge in [0.1, 0.15) is 5.69 Å². The van der Waals surface area contributed by atoms with Gasteiger partial charge in [0, 0.05) is 25.5 Å². The molecule has 1 aliphatic carbocycles. The van der Waals surface area contributed by atoms with E-state index in [1.165, 1.54) is 32.1 Å².